The maximum Gasteiger partial charge on any atom is 0.328 e. The van der Waals surface area contributed by atoms with Crippen LogP contribution in [0.5, 0.6) is 0 Å². The normalized spacial score (nSPS) is 18.1. The molecule has 1 aromatic rings. The van der Waals surface area contributed by atoms with Crippen molar-refractivity contribution >= 4 is 17.8 Å². The maximum absolute atomic E-state index is 12.1. The van der Waals surface area contributed by atoms with Crippen molar-refractivity contribution in [2.75, 3.05) is 7.11 Å². The van der Waals surface area contributed by atoms with E-state index in [-0.39, 0.29) is 11.8 Å². The minimum Gasteiger partial charge on any atom is -0.467 e. The smallest absolute Gasteiger partial charge is 0.328 e. The number of nitrogens with one attached hydrogen (secondary N) is 2. The SMILES string of the molecule is COC(=O)[C@@H](CCCc1ccccc1)NC(=O)[C@@H]1CCC(=O)N1. The number of esters is 1. The lowest BCUT2D eigenvalue weighted by atomic mass is 10.0. The standard InChI is InChI=1S/C17H22N2O4/c1-23-17(22)14(9-5-8-12-6-3-2-4-7-12)19-16(21)13-10-11-15(20)18-13/h2-4,6-7,13-14H,5,8-11H2,1H3,(H,18,20)(H,19,21)/t13-,14+/m0/s1. The first-order valence-corrected chi connectivity index (χ1v) is 7.81. The summed E-state index contributed by atoms with van der Waals surface area (Å²) in [7, 11) is 1.30. The first-order chi connectivity index (χ1) is 11.1. The van der Waals surface area contributed by atoms with Crippen LogP contribution in [-0.4, -0.2) is 37.0 Å². The summed E-state index contributed by atoms with van der Waals surface area (Å²) in [5.41, 5.74) is 1.19. The number of carbonyl (C=O) groups is 3. The molecular formula is C17H22N2O4. The number of benzene rings is 1. The Bertz CT molecular complexity index is 559. The minimum absolute atomic E-state index is 0.135. The molecule has 2 rings (SSSR count). The van der Waals surface area contributed by atoms with E-state index in [1.165, 1.54) is 12.7 Å². The summed E-state index contributed by atoms with van der Waals surface area (Å²) in [5.74, 6) is -0.925. The van der Waals surface area contributed by atoms with Crippen LogP contribution in [0, 0.1) is 0 Å². The van der Waals surface area contributed by atoms with E-state index >= 15 is 0 Å². The van der Waals surface area contributed by atoms with Crippen molar-refractivity contribution in [1.82, 2.24) is 10.6 Å². The number of aryl methyl sites for hydroxylation is 1. The fourth-order valence-corrected chi connectivity index (χ4v) is 2.63. The van der Waals surface area contributed by atoms with Gasteiger partial charge in [0.25, 0.3) is 0 Å². The third-order valence-corrected chi connectivity index (χ3v) is 3.92. The summed E-state index contributed by atoms with van der Waals surface area (Å²) in [4.78, 5) is 35.1. The highest BCUT2D eigenvalue weighted by atomic mass is 16.5. The molecule has 0 unspecified atom stereocenters. The summed E-state index contributed by atoms with van der Waals surface area (Å²) < 4.78 is 4.76. The summed E-state index contributed by atoms with van der Waals surface area (Å²) in [6, 6.07) is 8.71. The Morgan fingerprint density at radius 1 is 1.35 bits per heavy atom. The van der Waals surface area contributed by atoms with Crippen LogP contribution in [0.15, 0.2) is 30.3 Å². The Kier molecular flexibility index (Phi) is 6.14. The number of hydrogen-bond acceptors (Lipinski definition) is 4. The predicted molar refractivity (Wildman–Crippen MR) is 84.5 cm³/mol. The zero-order valence-electron chi connectivity index (χ0n) is 13.2. The predicted octanol–water partition coefficient (Wildman–Crippen LogP) is 0.946. The van der Waals surface area contributed by atoms with Gasteiger partial charge in [0.1, 0.15) is 12.1 Å². The molecule has 6 heteroatoms. The molecule has 0 saturated carbocycles. The van der Waals surface area contributed by atoms with Crippen LogP contribution in [0.1, 0.15) is 31.2 Å². The van der Waals surface area contributed by atoms with E-state index in [1.54, 1.807) is 0 Å². The van der Waals surface area contributed by atoms with Crippen molar-refractivity contribution in [1.29, 1.82) is 0 Å². The van der Waals surface area contributed by atoms with Crippen LogP contribution in [0.3, 0.4) is 0 Å². The molecule has 1 fully saturated rings. The Labute approximate surface area is 135 Å². The van der Waals surface area contributed by atoms with Crippen molar-refractivity contribution in [2.24, 2.45) is 0 Å². The number of ether oxygens (including phenoxy) is 1. The lowest BCUT2D eigenvalue weighted by Crippen LogP contribution is -2.49. The number of rotatable bonds is 7. The third-order valence-electron chi connectivity index (χ3n) is 3.92. The van der Waals surface area contributed by atoms with E-state index in [9.17, 15) is 14.4 Å². The van der Waals surface area contributed by atoms with Gasteiger partial charge in [-0.3, -0.25) is 9.59 Å². The Balaban J connectivity index is 1.85. The Morgan fingerprint density at radius 2 is 2.09 bits per heavy atom. The summed E-state index contributed by atoms with van der Waals surface area (Å²) in [5, 5.41) is 5.28. The van der Waals surface area contributed by atoms with Gasteiger partial charge in [0.05, 0.1) is 7.11 Å². The second kappa shape index (κ2) is 8.31. The molecule has 23 heavy (non-hydrogen) atoms. The highest BCUT2D eigenvalue weighted by molar-refractivity contribution is 5.93. The second-order valence-electron chi connectivity index (χ2n) is 5.62. The van der Waals surface area contributed by atoms with Crippen molar-refractivity contribution in [3.63, 3.8) is 0 Å². The number of amides is 2. The molecule has 1 heterocycles. The van der Waals surface area contributed by atoms with Crippen LogP contribution in [0.2, 0.25) is 0 Å². The van der Waals surface area contributed by atoms with Crippen molar-refractivity contribution in [3.8, 4) is 0 Å². The molecule has 2 atom stereocenters. The molecule has 0 spiro atoms. The lowest BCUT2D eigenvalue weighted by Gasteiger charge is -2.19. The molecule has 0 bridgehead atoms. The van der Waals surface area contributed by atoms with Gasteiger partial charge in [-0.05, 0) is 31.2 Å². The van der Waals surface area contributed by atoms with Gasteiger partial charge in [0.15, 0.2) is 0 Å². The zero-order chi connectivity index (χ0) is 16.7. The van der Waals surface area contributed by atoms with Gasteiger partial charge in [-0.1, -0.05) is 30.3 Å². The third kappa shape index (κ3) is 5.09. The molecule has 1 saturated heterocycles. The molecule has 1 aliphatic heterocycles. The van der Waals surface area contributed by atoms with E-state index < -0.39 is 18.1 Å². The van der Waals surface area contributed by atoms with E-state index in [0.29, 0.717) is 19.3 Å². The molecule has 2 amide bonds. The fourth-order valence-electron chi connectivity index (χ4n) is 2.63. The monoisotopic (exact) mass is 318 g/mol. The van der Waals surface area contributed by atoms with E-state index in [1.807, 2.05) is 30.3 Å². The average Bonchev–Trinajstić information content (AvgIpc) is 3.00. The highest BCUT2D eigenvalue weighted by Gasteiger charge is 2.30. The van der Waals surface area contributed by atoms with Gasteiger partial charge < -0.3 is 15.4 Å². The zero-order valence-corrected chi connectivity index (χ0v) is 13.2. The van der Waals surface area contributed by atoms with Crippen molar-refractivity contribution < 1.29 is 19.1 Å². The molecule has 1 aromatic carbocycles. The van der Waals surface area contributed by atoms with Crippen LogP contribution in [0.25, 0.3) is 0 Å². The van der Waals surface area contributed by atoms with Gasteiger partial charge >= 0.3 is 5.97 Å². The molecule has 124 valence electrons. The number of methoxy groups -OCH3 is 1. The maximum atomic E-state index is 12.1. The molecular weight excluding hydrogens is 296 g/mol. The molecule has 0 radical (unpaired) electrons. The fraction of sp³-hybridized carbons (Fsp3) is 0.471. The van der Waals surface area contributed by atoms with Crippen molar-refractivity contribution in [3.05, 3.63) is 35.9 Å². The summed E-state index contributed by atoms with van der Waals surface area (Å²) in [6.45, 7) is 0. The van der Waals surface area contributed by atoms with Crippen molar-refractivity contribution in [2.45, 2.75) is 44.2 Å². The largest absolute Gasteiger partial charge is 0.467 e. The second-order valence-corrected chi connectivity index (χ2v) is 5.62. The van der Waals surface area contributed by atoms with E-state index in [0.717, 1.165) is 12.8 Å². The molecule has 0 aromatic heterocycles. The average molecular weight is 318 g/mol. The van der Waals surface area contributed by atoms with Gasteiger partial charge in [0.2, 0.25) is 11.8 Å². The molecule has 6 nitrogen and oxygen atoms in total. The quantitative estimate of drug-likeness (QED) is 0.733. The van der Waals surface area contributed by atoms with Crippen LogP contribution >= 0.6 is 0 Å². The first kappa shape index (κ1) is 17.0. The molecule has 1 aliphatic rings. The lowest BCUT2D eigenvalue weighted by molar-refractivity contribution is -0.145. The van der Waals surface area contributed by atoms with Gasteiger partial charge in [-0.2, -0.15) is 0 Å². The first-order valence-electron chi connectivity index (χ1n) is 7.81. The highest BCUT2D eigenvalue weighted by Crippen LogP contribution is 2.10. The topological polar surface area (TPSA) is 84.5 Å². The van der Waals surface area contributed by atoms with Crippen LogP contribution < -0.4 is 10.6 Å². The molecule has 2 N–H and O–H groups in total. The summed E-state index contributed by atoms with van der Waals surface area (Å²) in [6.07, 6.45) is 2.87. The summed E-state index contributed by atoms with van der Waals surface area (Å²) >= 11 is 0. The van der Waals surface area contributed by atoms with Gasteiger partial charge in [0, 0.05) is 6.42 Å². The molecule has 0 aliphatic carbocycles. The number of hydrogen-bond donors (Lipinski definition) is 2. The minimum atomic E-state index is -0.686. The Hall–Kier alpha value is -2.37. The number of carbonyl (C=O) groups excluding carboxylic acids is 3. The van der Waals surface area contributed by atoms with Gasteiger partial charge in [-0.25, -0.2) is 4.79 Å². The van der Waals surface area contributed by atoms with Crippen LogP contribution in [-0.2, 0) is 25.5 Å². The van der Waals surface area contributed by atoms with Crippen LogP contribution in [0.4, 0.5) is 0 Å². The van der Waals surface area contributed by atoms with E-state index in [4.69, 9.17) is 4.74 Å². The van der Waals surface area contributed by atoms with Gasteiger partial charge in [-0.15, -0.1) is 0 Å². The van der Waals surface area contributed by atoms with E-state index in [2.05, 4.69) is 10.6 Å². The Morgan fingerprint density at radius 3 is 2.70 bits per heavy atom.